The normalized spacial score (nSPS) is 11.9. The van der Waals surface area contributed by atoms with Crippen LogP contribution in [0.15, 0.2) is 12.3 Å². The van der Waals surface area contributed by atoms with Gasteiger partial charge in [-0.3, -0.25) is 9.59 Å². The number of aliphatic carboxylic acids is 1. The number of primary amides is 1. The van der Waals surface area contributed by atoms with E-state index >= 15 is 0 Å². The second-order valence-corrected chi connectivity index (χ2v) is 4.64. The van der Waals surface area contributed by atoms with Crippen molar-refractivity contribution in [3.8, 4) is 0 Å². The molecule has 4 N–H and O–H groups in total. The minimum absolute atomic E-state index is 0.0586. The van der Waals surface area contributed by atoms with Crippen LogP contribution in [0.1, 0.15) is 30.3 Å². The molecule has 8 heteroatoms. The third-order valence-electron chi connectivity index (χ3n) is 2.72. The number of nitrogens with two attached hydrogens (primary N) is 1. The lowest BCUT2D eigenvalue weighted by molar-refractivity contribution is -0.139. The summed E-state index contributed by atoms with van der Waals surface area (Å²) in [7, 11) is 0. The standard InChI is InChI=1S/C12H16ClN3O4/c1-2-16-6-7(13)5-9(16)11(18)15-8(12(19)20)3-4-10(14)17/h5-6,8H,2-4H2,1H3,(H2,14,17)(H,15,18)(H,19,20). The Morgan fingerprint density at radius 3 is 2.65 bits per heavy atom. The summed E-state index contributed by atoms with van der Waals surface area (Å²) in [5.41, 5.74) is 5.23. The molecule has 0 saturated heterocycles. The summed E-state index contributed by atoms with van der Waals surface area (Å²) in [4.78, 5) is 33.7. The molecule has 0 saturated carbocycles. The molecule has 1 unspecified atom stereocenters. The number of hydrogen-bond acceptors (Lipinski definition) is 3. The maximum atomic E-state index is 12.0. The number of carboxylic acid groups (broad SMARTS) is 1. The largest absolute Gasteiger partial charge is 0.480 e. The highest BCUT2D eigenvalue weighted by molar-refractivity contribution is 6.31. The number of nitrogens with zero attached hydrogens (tertiary/aromatic N) is 1. The van der Waals surface area contributed by atoms with E-state index in [1.165, 1.54) is 6.07 Å². The van der Waals surface area contributed by atoms with Crippen LogP contribution in [-0.4, -0.2) is 33.5 Å². The molecule has 0 spiro atoms. The van der Waals surface area contributed by atoms with Gasteiger partial charge < -0.3 is 20.7 Å². The number of aryl methyl sites for hydroxylation is 1. The number of aromatic nitrogens is 1. The minimum Gasteiger partial charge on any atom is -0.480 e. The van der Waals surface area contributed by atoms with Gasteiger partial charge >= 0.3 is 5.97 Å². The summed E-state index contributed by atoms with van der Waals surface area (Å²) in [6, 6.07) is 0.280. The molecule has 0 aliphatic rings. The quantitative estimate of drug-likeness (QED) is 0.684. The number of halogens is 1. The Balaban J connectivity index is 2.79. The Bertz CT molecular complexity index is 527. The Labute approximate surface area is 120 Å². The molecule has 1 heterocycles. The maximum Gasteiger partial charge on any atom is 0.326 e. The van der Waals surface area contributed by atoms with Crippen molar-refractivity contribution in [3.05, 3.63) is 23.0 Å². The van der Waals surface area contributed by atoms with Crippen molar-refractivity contribution < 1.29 is 19.5 Å². The minimum atomic E-state index is -1.22. The monoisotopic (exact) mass is 301 g/mol. The van der Waals surface area contributed by atoms with E-state index in [1.54, 1.807) is 10.8 Å². The van der Waals surface area contributed by atoms with Gasteiger partial charge in [-0.25, -0.2) is 4.79 Å². The molecular weight excluding hydrogens is 286 g/mol. The fourth-order valence-corrected chi connectivity index (χ4v) is 1.92. The highest BCUT2D eigenvalue weighted by Crippen LogP contribution is 2.14. The van der Waals surface area contributed by atoms with Crippen molar-refractivity contribution in [1.29, 1.82) is 0 Å². The van der Waals surface area contributed by atoms with Crippen LogP contribution in [-0.2, 0) is 16.1 Å². The Morgan fingerprint density at radius 1 is 1.50 bits per heavy atom. The fourth-order valence-electron chi connectivity index (χ4n) is 1.70. The zero-order valence-electron chi connectivity index (χ0n) is 10.9. The van der Waals surface area contributed by atoms with Crippen LogP contribution < -0.4 is 11.1 Å². The molecule has 1 aromatic heterocycles. The number of carbonyl (C=O) groups excluding carboxylic acids is 2. The first-order valence-electron chi connectivity index (χ1n) is 6.02. The second-order valence-electron chi connectivity index (χ2n) is 4.20. The van der Waals surface area contributed by atoms with Gasteiger partial charge in [0.15, 0.2) is 0 Å². The number of carbonyl (C=O) groups is 3. The van der Waals surface area contributed by atoms with Gasteiger partial charge in [-0.15, -0.1) is 0 Å². The van der Waals surface area contributed by atoms with Crippen molar-refractivity contribution in [2.75, 3.05) is 0 Å². The summed E-state index contributed by atoms with van der Waals surface area (Å²) in [5, 5.41) is 11.8. The van der Waals surface area contributed by atoms with Gasteiger partial charge in [0, 0.05) is 19.2 Å². The molecule has 110 valence electrons. The van der Waals surface area contributed by atoms with Crippen LogP contribution in [0.3, 0.4) is 0 Å². The molecular formula is C12H16ClN3O4. The molecule has 1 atom stereocenters. The highest BCUT2D eigenvalue weighted by Gasteiger charge is 2.22. The molecule has 1 rings (SSSR count). The molecule has 0 radical (unpaired) electrons. The van der Waals surface area contributed by atoms with Crippen molar-refractivity contribution in [2.24, 2.45) is 5.73 Å². The molecule has 0 aromatic carbocycles. The summed E-state index contributed by atoms with van der Waals surface area (Å²) < 4.78 is 1.60. The zero-order valence-corrected chi connectivity index (χ0v) is 11.7. The number of nitrogens with one attached hydrogen (secondary N) is 1. The second kappa shape index (κ2) is 6.95. The van der Waals surface area contributed by atoms with E-state index in [4.69, 9.17) is 22.4 Å². The summed E-state index contributed by atoms with van der Waals surface area (Å²) >= 11 is 5.81. The number of hydrogen-bond donors (Lipinski definition) is 3. The molecule has 2 amide bonds. The van der Waals surface area contributed by atoms with Crippen LogP contribution in [0, 0.1) is 0 Å². The van der Waals surface area contributed by atoms with Gasteiger partial charge in [0.1, 0.15) is 11.7 Å². The maximum absolute atomic E-state index is 12.0. The van der Waals surface area contributed by atoms with E-state index < -0.39 is 23.8 Å². The predicted molar refractivity (Wildman–Crippen MR) is 72.4 cm³/mol. The van der Waals surface area contributed by atoms with Gasteiger partial charge in [0.05, 0.1) is 5.02 Å². The molecule has 0 aliphatic heterocycles. The lowest BCUT2D eigenvalue weighted by atomic mass is 10.1. The van der Waals surface area contributed by atoms with Crippen LogP contribution >= 0.6 is 11.6 Å². The lowest BCUT2D eigenvalue weighted by Gasteiger charge is -2.14. The molecule has 0 aliphatic carbocycles. The van der Waals surface area contributed by atoms with Gasteiger partial charge in [0.25, 0.3) is 5.91 Å². The van der Waals surface area contributed by atoms with Crippen LogP contribution in [0.5, 0.6) is 0 Å². The zero-order chi connectivity index (χ0) is 15.3. The first kappa shape index (κ1) is 16.0. The first-order valence-corrected chi connectivity index (χ1v) is 6.40. The van der Waals surface area contributed by atoms with Crippen molar-refractivity contribution in [3.63, 3.8) is 0 Å². The summed E-state index contributed by atoms with van der Waals surface area (Å²) in [5.74, 6) is -2.40. The number of amides is 2. The van der Waals surface area contributed by atoms with Gasteiger partial charge in [-0.1, -0.05) is 11.6 Å². The Hall–Kier alpha value is -2.02. The van der Waals surface area contributed by atoms with Crippen molar-refractivity contribution in [1.82, 2.24) is 9.88 Å². The van der Waals surface area contributed by atoms with Crippen molar-refractivity contribution >= 4 is 29.4 Å². The third-order valence-corrected chi connectivity index (χ3v) is 2.93. The van der Waals surface area contributed by atoms with E-state index in [9.17, 15) is 14.4 Å². The van der Waals surface area contributed by atoms with Crippen LogP contribution in [0.4, 0.5) is 0 Å². The summed E-state index contributed by atoms with van der Waals surface area (Å²) in [6.07, 6.45) is 1.40. The third kappa shape index (κ3) is 4.27. The van der Waals surface area contributed by atoms with E-state index in [-0.39, 0.29) is 18.5 Å². The smallest absolute Gasteiger partial charge is 0.326 e. The van der Waals surface area contributed by atoms with Gasteiger partial charge in [-0.05, 0) is 19.4 Å². The molecule has 0 bridgehead atoms. The Kier molecular flexibility index (Phi) is 5.57. The summed E-state index contributed by atoms with van der Waals surface area (Å²) in [6.45, 7) is 2.35. The highest BCUT2D eigenvalue weighted by atomic mass is 35.5. The van der Waals surface area contributed by atoms with Crippen molar-refractivity contribution in [2.45, 2.75) is 32.4 Å². The Morgan fingerprint density at radius 2 is 2.15 bits per heavy atom. The number of rotatable bonds is 7. The lowest BCUT2D eigenvalue weighted by Crippen LogP contribution is -2.42. The predicted octanol–water partition coefficient (Wildman–Crippen LogP) is 0.610. The van der Waals surface area contributed by atoms with Crippen LogP contribution in [0.25, 0.3) is 0 Å². The van der Waals surface area contributed by atoms with Crippen LogP contribution in [0.2, 0.25) is 5.02 Å². The first-order chi connectivity index (χ1) is 9.35. The molecule has 1 aromatic rings. The van der Waals surface area contributed by atoms with Gasteiger partial charge in [0.2, 0.25) is 5.91 Å². The average molecular weight is 302 g/mol. The topological polar surface area (TPSA) is 114 Å². The number of carboxylic acids is 1. The fraction of sp³-hybridized carbons (Fsp3) is 0.417. The SMILES string of the molecule is CCn1cc(Cl)cc1C(=O)NC(CCC(N)=O)C(=O)O. The molecule has 20 heavy (non-hydrogen) atoms. The van der Waals surface area contributed by atoms with E-state index in [0.717, 1.165) is 0 Å². The molecule has 7 nitrogen and oxygen atoms in total. The molecule has 0 fully saturated rings. The van der Waals surface area contributed by atoms with E-state index in [1.807, 2.05) is 6.92 Å². The van der Waals surface area contributed by atoms with E-state index in [0.29, 0.717) is 11.6 Å². The van der Waals surface area contributed by atoms with E-state index in [2.05, 4.69) is 5.32 Å². The van der Waals surface area contributed by atoms with Gasteiger partial charge in [-0.2, -0.15) is 0 Å². The average Bonchev–Trinajstić information content (AvgIpc) is 2.74.